The molecule has 12 heavy (non-hydrogen) atoms. The molecular formula is C11H20O. The van der Waals surface area contributed by atoms with Crippen LogP contribution in [-0.2, 0) is 4.74 Å². The van der Waals surface area contributed by atoms with E-state index in [9.17, 15) is 0 Å². The standard InChI is InChI=1S/C11H20O/c1-10(2)12-11-8-6-4-3-5-7-9-11/h3-4,10-11H,5-9H2,1-2H3/b4-3+. The van der Waals surface area contributed by atoms with Crippen molar-refractivity contribution in [2.75, 3.05) is 0 Å². The van der Waals surface area contributed by atoms with E-state index in [4.69, 9.17) is 4.74 Å². The van der Waals surface area contributed by atoms with Gasteiger partial charge >= 0.3 is 0 Å². The van der Waals surface area contributed by atoms with Crippen LogP contribution in [0.15, 0.2) is 12.2 Å². The highest BCUT2D eigenvalue weighted by Gasteiger charge is 2.10. The van der Waals surface area contributed by atoms with Gasteiger partial charge in [0.2, 0.25) is 0 Å². The highest BCUT2D eigenvalue weighted by molar-refractivity contribution is 4.85. The second kappa shape index (κ2) is 5.36. The summed E-state index contributed by atoms with van der Waals surface area (Å²) in [5, 5.41) is 0. The number of ether oxygens (including phenoxy) is 1. The van der Waals surface area contributed by atoms with E-state index < -0.39 is 0 Å². The number of rotatable bonds is 2. The molecule has 0 heterocycles. The second-order valence-corrected chi connectivity index (χ2v) is 3.79. The molecule has 0 saturated heterocycles. The van der Waals surface area contributed by atoms with Crippen LogP contribution in [0.5, 0.6) is 0 Å². The Kier molecular flexibility index (Phi) is 4.37. The third kappa shape index (κ3) is 3.91. The van der Waals surface area contributed by atoms with Crippen molar-refractivity contribution in [2.24, 2.45) is 0 Å². The van der Waals surface area contributed by atoms with E-state index in [1.165, 1.54) is 32.1 Å². The summed E-state index contributed by atoms with van der Waals surface area (Å²) >= 11 is 0. The summed E-state index contributed by atoms with van der Waals surface area (Å²) in [4.78, 5) is 0. The van der Waals surface area contributed by atoms with Gasteiger partial charge in [-0.25, -0.2) is 0 Å². The maximum absolute atomic E-state index is 5.79. The zero-order valence-electron chi connectivity index (χ0n) is 8.25. The van der Waals surface area contributed by atoms with E-state index in [-0.39, 0.29) is 0 Å². The summed E-state index contributed by atoms with van der Waals surface area (Å²) in [5.74, 6) is 0. The van der Waals surface area contributed by atoms with Gasteiger partial charge in [0.1, 0.15) is 0 Å². The fourth-order valence-electron chi connectivity index (χ4n) is 1.65. The molecule has 0 aromatic rings. The average molecular weight is 168 g/mol. The van der Waals surface area contributed by atoms with Crippen LogP contribution >= 0.6 is 0 Å². The summed E-state index contributed by atoms with van der Waals surface area (Å²) in [6, 6.07) is 0. The molecule has 0 N–H and O–H groups in total. The number of allylic oxidation sites excluding steroid dienone is 2. The molecule has 0 spiro atoms. The summed E-state index contributed by atoms with van der Waals surface area (Å²) in [7, 11) is 0. The van der Waals surface area contributed by atoms with Gasteiger partial charge in [-0.05, 0) is 46.0 Å². The topological polar surface area (TPSA) is 9.23 Å². The Morgan fingerprint density at radius 1 is 1.17 bits per heavy atom. The predicted molar refractivity (Wildman–Crippen MR) is 52.2 cm³/mol. The summed E-state index contributed by atoms with van der Waals surface area (Å²) in [5.41, 5.74) is 0. The maximum atomic E-state index is 5.79. The first kappa shape index (κ1) is 9.79. The van der Waals surface area contributed by atoms with Crippen LogP contribution in [0.4, 0.5) is 0 Å². The molecule has 1 heteroatoms. The Bertz CT molecular complexity index is 138. The average Bonchev–Trinajstić information content (AvgIpc) is 1.93. The van der Waals surface area contributed by atoms with Crippen LogP contribution in [-0.4, -0.2) is 12.2 Å². The maximum Gasteiger partial charge on any atom is 0.0581 e. The Morgan fingerprint density at radius 2 is 1.92 bits per heavy atom. The Labute approximate surface area is 75.8 Å². The molecule has 0 aliphatic heterocycles. The zero-order valence-corrected chi connectivity index (χ0v) is 8.25. The van der Waals surface area contributed by atoms with Gasteiger partial charge in [0.05, 0.1) is 12.2 Å². The molecule has 1 aliphatic rings. The van der Waals surface area contributed by atoms with Crippen LogP contribution in [0.3, 0.4) is 0 Å². The lowest BCUT2D eigenvalue weighted by Crippen LogP contribution is -2.18. The molecule has 0 saturated carbocycles. The predicted octanol–water partition coefficient (Wildman–Crippen LogP) is 3.30. The van der Waals surface area contributed by atoms with Gasteiger partial charge in [-0.1, -0.05) is 12.2 Å². The molecule has 0 radical (unpaired) electrons. The van der Waals surface area contributed by atoms with Crippen molar-refractivity contribution >= 4 is 0 Å². The summed E-state index contributed by atoms with van der Waals surface area (Å²) in [6.45, 7) is 4.24. The van der Waals surface area contributed by atoms with Gasteiger partial charge < -0.3 is 4.74 Å². The van der Waals surface area contributed by atoms with E-state index in [0.717, 1.165) is 0 Å². The monoisotopic (exact) mass is 168 g/mol. The van der Waals surface area contributed by atoms with Crippen LogP contribution in [0.25, 0.3) is 0 Å². The third-order valence-electron chi connectivity index (χ3n) is 2.18. The first-order valence-electron chi connectivity index (χ1n) is 5.09. The number of hydrogen-bond donors (Lipinski definition) is 0. The zero-order chi connectivity index (χ0) is 8.81. The Morgan fingerprint density at radius 3 is 2.67 bits per heavy atom. The van der Waals surface area contributed by atoms with Crippen molar-refractivity contribution in [2.45, 2.75) is 58.2 Å². The van der Waals surface area contributed by atoms with E-state index in [0.29, 0.717) is 12.2 Å². The lowest BCUT2D eigenvalue weighted by molar-refractivity contribution is -0.00213. The van der Waals surface area contributed by atoms with Gasteiger partial charge in [-0.3, -0.25) is 0 Å². The van der Waals surface area contributed by atoms with Crippen LogP contribution in [0, 0.1) is 0 Å². The smallest absolute Gasteiger partial charge is 0.0581 e. The third-order valence-corrected chi connectivity index (χ3v) is 2.18. The van der Waals surface area contributed by atoms with E-state index >= 15 is 0 Å². The van der Waals surface area contributed by atoms with Gasteiger partial charge in [0.15, 0.2) is 0 Å². The molecule has 1 atom stereocenters. The highest BCUT2D eigenvalue weighted by atomic mass is 16.5. The van der Waals surface area contributed by atoms with Crippen LogP contribution in [0.2, 0.25) is 0 Å². The lowest BCUT2D eigenvalue weighted by atomic mass is 10.0. The van der Waals surface area contributed by atoms with Crippen molar-refractivity contribution in [1.82, 2.24) is 0 Å². The lowest BCUT2D eigenvalue weighted by Gasteiger charge is -2.20. The van der Waals surface area contributed by atoms with Crippen molar-refractivity contribution in [3.63, 3.8) is 0 Å². The molecule has 0 bridgehead atoms. The minimum absolute atomic E-state index is 0.387. The molecule has 1 unspecified atom stereocenters. The molecular weight excluding hydrogens is 148 g/mol. The molecule has 0 aromatic carbocycles. The Hall–Kier alpha value is -0.300. The van der Waals surface area contributed by atoms with Crippen molar-refractivity contribution < 1.29 is 4.74 Å². The van der Waals surface area contributed by atoms with Gasteiger partial charge in [0.25, 0.3) is 0 Å². The molecule has 1 nitrogen and oxygen atoms in total. The first-order chi connectivity index (χ1) is 5.79. The number of hydrogen-bond acceptors (Lipinski definition) is 1. The van der Waals surface area contributed by atoms with E-state index in [1.807, 2.05) is 0 Å². The van der Waals surface area contributed by atoms with Crippen LogP contribution < -0.4 is 0 Å². The fraction of sp³-hybridized carbons (Fsp3) is 0.818. The van der Waals surface area contributed by atoms with Gasteiger partial charge in [-0.15, -0.1) is 0 Å². The first-order valence-corrected chi connectivity index (χ1v) is 5.09. The van der Waals surface area contributed by atoms with E-state index in [1.54, 1.807) is 0 Å². The normalized spacial score (nSPS) is 28.1. The SMILES string of the molecule is CC(C)OC1CC/C=C/CCC1. The Balaban J connectivity index is 2.27. The molecule has 0 fully saturated rings. The second-order valence-electron chi connectivity index (χ2n) is 3.79. The molecule has 0 amide bonds. The summed E-state index contributed by atoms with van der Waals surface area (Å²) in [6.07, 6.45) is 11.6. The minimum Gasteiger partial charge on any atom is -0.376 e. The summed E-state index contributed by atoms with van der Waals surface area (Å²) < 4.78 is 5.79. The molecule has 1 aliphatic carbocycles. The van der Waals surface area contributed by atoms with Crippen LogP contribution in [0.1, 0.15) is 46.0 Å². The van der Waals surface area contributed by atoms with Gasteiger partial charge in [0, 0.05) is 0 Å². The molecule has 0 aromatic heterocycles. The fourth-order valence-corrected chi connectivity index (χ4v) is 1.65. The largest absolute Gasteiger partial charge is 0.376 e. The van der Waals surface area contributed by atoms with Crippen molar-refractivity contribution in [3.05, 3.63) is 12.2 Å². The van der Waals surface area contributed by atoms with Crippen molar-refractivity contribution in [1.29, 1.82) is 0 Å². The highest BCUT2D eigenvalue weighted by Crippen LogP contribution is 2.16. The van der Waals surface area contributed by atoms with Gasteiger partial charge in [-0.2, -0.15) is 0 Å². The van der Waals surface area contributed by atoms with Crippen molar-refractivity contribution in [3.8, 4) is 0 Å². The quantitative estimate of drug-likeness (QED) is 0.575. The molecule has 70 valence electrons. The molecule has 1 rings (SSSR count). The van der Waals surface area contributed by atoms with E-state index in [2.05, 4.69) is 26.0 Å². The minimum atomic E-state index is 0.387.